The molecule has 0 amide bonds. The summed E-state index contributed by atoms with van der Waals surface area (Å²) in [5.41, 5.74) is 9.85. The van der Waals surface area contributed by atoms with Crippen molar-refractivity contribution in [2.24, 2.45) is 5.73 Å². The maximum Gasteiger partial charge on any atom is 0.223 e. The molecule has 0 aliphatic heterocycles. The average molecular weight is 335 g/mol. The van der Waals surface area contributed by atoms with Crippen LogP contribution < -0.4 is 11.1 Å². The molecule has 3 aromatic heterocycles. The smallest absolute Gasteiger partial charge is 0.223 e. The number of anilines is 1. The maximum atomic E-state index is 5.99. The minimum atomic E-state index is 0.285. The number of aromatic nitrogens is 5. The molecule has 0 aromatic carbocycles. The number of hydrogen-bond donors (Lipinski definition) is 2. The van der Waals surface area contributed by atoms with Crippen molar-refractivity contribution in [1.82, 2.24) is 24.6 Å². The first-order valence-electron chi connectivity index (χ1n) is 8.96. The van der Waals surface area contributed by atoms with Gasteiger partial charge in [0.1, 0.15) is 0 Å². The second-order valence-electron chi connectivity index (χ2n) is 7.14. The van der Waals surface area contributed by atoms with Gasteiger partial charge in [0.25, 0.3) is 0 Å². The molecule has 3 heterocycles. The van der Waals surface area contributed by atoms with E-state index in [1.54, 1.807) is 6.20 Å². The summed E-state index contributed by atoms with van der Waals surface area (Å²) in [5, 5.41) is 7.81. The maximum absolute atomic E-state index is 5.99. The van der Waals surface area contributed by atoms with Gasteiger partial charge in [-0.2, -0.15) is 5.10 Å². The van der Waals surface area contributed by atoms with Crippen LogP contribution in [0.4, 0.5) is 5.95 Å². The molecule has 2 aliphatic rings. The summed E-state index contributed by atoms with van der Waals surface area (Å²) in [6, 6.07) is 4.50. The third-order valence-corrected chi connectivity index (χ3v) is 5.14. The summed E-state index contributed by atoms with van der Waals surface area (Å²) < 4.78 is 1.84. The summed E-state index contributed by atoms with van der Waals surface area (Å²) in [6.07, 6.45) is 11.2. The number of fused-ring (bicyclic) bond motifs is 1. The van der Waals surface area contributed by atoms with Gasteiger partial charge >= 0.3 is 0 Å². The minimum Gasteiger partial charge on any atom is -0.351 e. The fraction of sp³-hybridized carbons (Fsp3) is 0.444. The van der Waals surface area contributed by atoms with Crippen LogP contribution in [-0.2, 0) is 0 Å². The molecule has 2 aliphatic carbocycles. The molecule has 0 saturated heterocycles. The van der Waals surface area contributed by atoms with E-state index in [1.165, 1.54) is 18.4 Å². The molecule has 2 fully saturated rings. The zero-order valence-electron chi connectivity index (χ0n) is 14.0. The monoisotopic (exact) mass is 335 g/mol. The van der Waals surface area contributed by atoms with Gasteiger partial charge in [-0.15, -0.1) is 0 Å². The number of hydrogen-bond acceptors (Lipinski definition) is 6. The van der Waals surface area contributed by atoms with E-state index >= 15 is 0 Å². The van der Waals surface area contributed by atoms with Gasteiger partial charge in [-0.05, 0) is 50.2 Å². The zero-order valence-corrected chi connectivity index (χ0v) is 14.0. The number of nitrogens with two attached hydrogens (primary N) is 1. The van der Waals surface area contributed by atoms with Crippen molar-refractivity contribution in [3.8, 4) is 11.4 Å². The van der Waals surface area contributed by atoms with E-state index in [0.29, 0.717) is 17.9 Å². The average Bonchev–Trinajstić information content (AvgIpc) is 3.26. The lowest BCUT2D eigenvalue weighted by atomic mass is 10.2. The molecular weight excluding hydrogens is 314 g/mol. The summed E-state index contributed by atoms with van der Waals surface area (Å²) in [4.78, 5) is 13.8. The Kier molecular flexibility index (Phi) is 3.41. The third kappa shape index (κ3) is 2.84. The second kappa shape index (κ2) is 5.77. The van der Waals surface area contributed by atoms with Gasteiger partial charge in [0, 0.05) is 30.0 Å². The highest BCUT2D eigenvalue weighted by Crippen LogP contribution is 2.41. The SMILES string of the molecule is N[C@H]1CC[C@H](Nc2nccc(-c3ccn4ncc(C5CC5)c4n3)n2)C1. The predicted octanol–water partition coefficient (Wildman–Crippen LogP) is 2.36. The molecule has 7 nitrogen and oxygen atoms in total. The molecule has 3 N–H and O–H groups in total. The van der Waals surface area contributed by atoms with Gasteiger partial charge < -0.3 is 11.1 Å². The van der Waals surface area contributed by atoms with Crippen LogP contribution in [0, 0.1) is 0 Å². The van der Waals surface area contributed by atoms with Gasteiger partial charge in [-0.25, -0.2) is 19.5 Å². The lowest BCUT2D eigenvalue weighted by molar-refractivity contribution is 0.685. The zero-order chi connectivity index (χ0) is 16.8. The highest BCUT2D eigenvalue weighted by Gasteiger charge is 2.27. The Morgan fingerprint density at radius 1 is 1.08 bits per heavy atom. The topological polar surface area (TPSA) is 94.0 Å². The molecule has 0 bridgehead atoms. The van der Waals surface area contributed by atoms with Crippen LogP contribution in [-0.4, -0.2) is 36.6 Å². The summed E-state index contributed by atoms with van der Waals surface area (Å²) >= 11 is 0. The van der Waals surface area contributed by atoms with Gasteiger partial charge in [0.05, 0.1) is 17.6 Å². The molecule has 25 heavy (non-hydrogen) atoms. The van der Waals surface area contributed by atoms with Gasteiger partial charge in [0.15, 0.2) is 5.65 Å². The van der Waals surface area contributed by atoms with Crippen molar-refractivity contribution in [2.45, 2.75) is 50.1 Å². The molecule has 2 saturated carbocycles. The number of nitrogens with one attached hydrogen (secondary N) is 1. The Morgan fingerprint density at radius 3 is 2.76 bits per heavy atom. The Balaban J connectivity index is 1.45. The van der Waals surface area contributed by atoms with Crippen molar-refractivity contribution in [1.29, 1.82) is 0 Å². The van der Waals surface area contributed by atoms with E-state index in [-0.39, 0.29) is 6.04 Å². The van der Waals surface area contributed by atoms with E-state index in [4.69, 9.17) is 10.7 Å². The van der Waals surface area contributed by atoms with Crippen LogP contribution in [0.15, 0.2) is 30.7 Å². The Hall–Kier alpha value is -2.54. The fourth-order valence-corrected chi connectivity index (χ4v) is 3.61. The van der Waals surface area contributed by atoms with Crippen LogP contribution in [0.3, 0.4) is 0 Å². The van der Waals surface area contributed by atoms with Crippen LogP contribution in [0.25, 0.3) is 17.0 Å². The first kappa shape index (κ1) is 14.8. The molecule has 2 atom stereocenters. The second-order valence-corrected chi connectivity index (χ2v) is 7.14. The summed E-state index contributed by atoms with van der Waals surface area (Å²) in [5.74, 6) is 1.27. The molecule has 0 unspecified atom stereocenters. The highest BCUT2D eigenvalue weighted by atomic mass is 15.2. The quantitative estimate of drug-likeness (QED) is 0.760. The standard InChI is InChI=1S/C18H21N7/c19-12-3-4-13(9-12)22-18-20-7-5-15(24-18)16-6-8-25-17(23-16)14(10-21-25)11-1-2-11/h5-8,10-13H,1-4,9,19H2,(H,20,22,24)/t12-,13-/m0/s1. The van der Waals surface area contributed by atoms with Crippen LogP contribution in [0.5, 0.6) is 0 Å². The Labute approximate surface area is 145 Å². The fourth-order valence-electron chi connectivity index (χ4n) is 3.61. The molecule has 0 spiro atoms. The molecule has 128 valence electrons. The van der Waals surface area contributed by atoms with E-state index in [2.05, 4.69) is 20.4 Å². The van der Waals surface area contributed by atoms with E-state index in [9.17, 15) is 0 Å². The normalized spacial score (nSPS) is 23.2. The van der Waals surface area contributed by atoms with Gasteiger partial charge in [0.2, 0.25) is 5.95 Å². The molecule has 0 radical (unpaired) electrons. The Bertz CT molecular complexity index is 915. The molecule has 3 aromatic rings. The molecule has 5 rings (SSSR count). The van der Waals surface area contributed by atoms with Crippen molar-refractivity contribution in [3.63, 3.8) is 0 Å². The van der Waals surface area contributed by atoms with E-state index in [0.717, 1.165) is 36.3 Å². The summed E-state index contributed by atoms with van der Waals surface area (Å²) in [6.45, 7) is 0. The highest BCUT2D eigenvalue weighted by molar-refractivity contribution is 5.61. The predicted molar refractivity (Wildman–Crippen MR) is 95.2 cm³/mol. The van der Waals surface area contributed by atoms with Crippen LogP contribution >= 0.6 is 0 Å². The molecule has 7 heteroatoms. The van der Waals surface area contributed by atoms with Crippen molar-refractivity contribution >= 4 is 11.6 Å². The molecular formula is C18H21N7. The van der Waals surface area contributed by atoms with Gasteiger partial charge in [-0.3, -0.25) is 0 Å². The Morgan fingerprint density at radius 2 is 1.96 bits per heavy atom. The largest absolute Gasteiger partial charge is 0.351 e. The van der Waals surface area contributed by atoms with E-state index < -0.39 is 0 Å². The first-order valence-corrected chi connectivity index (χ1v) is 8.96. The number of nitrogens with zero attached hydrogens (tertiary/aromatic N) is 5. The number of rotatable bonds is 4. The van der Waals surface area contributed by atoms with Crippen molar-refractivity contribution in [2.75, 3.05) is 5.32 Å². The van der Waals surface area contributed by atoms with Crippen molar-refractivity contribution < 1.29 is 0 Å². The lowest BCUT2D eigenvalue weighted by Crippen LogP contribution is -2.21. The van der Waals surface area contributed by atoms with Crippen molar-refractivity contribution in [3.05, 3.63) is 36.3 Å². The van der Waals surface area contributed by atoms with E-state index in [1.807, 2.05) is 29.0 Å². The third-order valence-electron chi connectivity index (χ3n) is 5.14. The van der Waals surface area contributed by atoms with Crippen LogP contribution in [0.1, 0.15) is 43.6 Å². The summed E-state index contributed by atoms with van der Waals surface area (Å²) in [7, 11) is 0. The lowest BCUT2D eigenvalue weighted by Gasteiger charge is -2.12. The van der Waals surface area contributed by atoms with Crippen LogP contribution in [0.2, 0.25) is 0 Å². The van der Waals surface area contributed by atoms with Gasteiger partial charge in [-0.1, -0.05) is 0 Å². The first-order chi connectivity index (χ1) is 12.3. The minimum absolute atomic E-state index is 0.285.